The zero-order chi connectivity index (χ0) is 15.6. The molecule has 2 rings (SSSR count). The Morgan fingerprint density at radius 3 is 2.41 bits per heavy atom. The summed E-state index contributed by atoms with van der Waals surface area (Å²) in [6.45, 7) is 2.34. The van der Waals surface area contributed by atoms with Crippen molar-refractivity contribution in [1.82, 2.24) is 0 Å². The minimum Gasteiger partial charge on any atom is -0.392 e. The van der Waals surface area contributed by atoms with Crippen LogP contribution in [-0.2, 0) is 6.61 Å². The van der Waals surface area contributed by atoms with Crippen LogP contribution in [0.1, 0.15) is 63.0 Å². The molecule has 22 heavy (non-hydrogen) atoms. The monoisotopic (exact) mass is 294 g/mol. The fraction of sp³-hybridized carbons (Fsp3) is 0.429. The minimum absolute atomic E-state index is 0.0930. The standard InChI is InChI=1S/C21H26O/c1-2-3-4-5-6-7-8-9-10-18-11-13-21-16-19(17-22)12-14-20(21)15-18/h11-16,22H,2-8,17H2,1H3. The Balaban J connectivity index is 1.86. The van der Waals surface area contributed by atoms with Crippen LogP contribution in [0.15, 0.2) is 36.4 Å². The lowest BCUT2D eigenvalue weighted by molar-refractivity contribution is 0.282. The highest BCUT2D eigenvalue weighted by Gasteiger charge is 1.97. The molecular weight excluding hydrogens is 268 g/mol. The van der Waals surface area contributed by atoms with Gasteiger partial charge in [0, 0.05) is 12.0 Å². The Hall–Kier alpha value is -1.78. The van der Waals surface area contributed by atoms with Gasteiger partial charge in [0.25, 0.3) is 0 Å². The van der Waals surface area contributed by atoms with Gasteiger partial charge in [0.05, 0.1) is 6.61 Å². The molecule has 0 unspecified atom stereocenters. The van der Waals surface area contributed by atoms with E-state index in [4.69, 9.17) is 5.11 Å². The van der Waals surface area contributed by atoms with Crippen LogP contribution in [0.3, 0.4) is 0 Å². The Morgan fingerprint density at radius 1 is 0.864 bits per heavy atom. The number of hydrogen-bond acceptors (Lipinski definition) is 1. The van der Waals surface area contributed by atoms with Crippen LogP contribution in [-0.4, -0.2) is 5.11 Å². The SMILES string of the molecule is CCCCCCCCC#Cc1ccc2cc(CO)ccc2c1. The maximum Gasteiger partial charge on any atom is 0.0682 e. The van der Waals surface area contributed by atoms with E-state index in [9.17, 15) is 0 Å². The largest absolute Gasteiger partial charge is 0.392 e. The topological polar surface area (TPSA) is 20.2 Å². The van der Waals surface area contributed by atoms with E-state index >= 15 is 0 Å². The van der Waals surface area contributed by atoms with Gasteiger partial charge < -0.3 is 5.11 Å². The molecule has 0 radical (unpaired) electrons. The fourth-order valence-corrected chi connectivity index (χ4v) is 2.63. The van der Waals surface area contributed by atoms with Crippen molar-refractivity contribution in [1.29, 1.82) is 0 Å². The first-order valence-corrected chi connectivity index (χ1v) is 8.46. The Morgan fingerprint density at radius 2 is 1.59 bits per heavy atom. The summed E-state index contributed by atoms with van der Waals surface area (Å²) in [5, 5.41) is 11.5. The molecule has 0 amide bonds. The minimum atomic E-state index is 0.0930. The third-order valence-corrected chi connectivity index (χ3v) is 3.98. The van der Waals surface area contributed by atoms with Crippen molar-refractivity contribution in [2.45, 2.75) is 58.5 Å². The number of aliphatic hydroxyl groups is 1. The van der Waals surface area contributed by atoms with E-state index in [1.54, 1.807) is 0 Å². The second kappa shape index (κ2) is 9.28. The number of benzene rings is 2. The lowest BCUT2D eigenvalue weighted by Crippen LogP contribution is -1.83. The van der Waals surface area contributed by atoms with Crippen molar-refractivity contribution in [3.8, 4) is 11.8 Å². The average Bonchev–Trinajstić information content (AvgIpc) is 2.56. The highest BCUT2D eigenvalue weighted by atomic mass is 16.3. The quantitative estimate of drug-likeness (QED) is 0.533. The Kier molecular flexibility index (Phi) is 7.00. The summed E-state index contributed by atoms with van der Waals surface area (Å²) in [6.07, 6.45) is 8.89. The van der Waals surface area contributed by atoms with Crippen LogP contribution in [0.4, 0.5) is 0 Å². The van der Waals surface area contributed by atoms with Gasteiger partial charge in [0.1, 0.15) is 0 Å². The molecule has 0 fully saturated rings. The molecule has 2 aromatic carbocycles. The summed E-state index contributed by atoms with van der Waals surface area (Å²) in [5.41, 5.74) is 2.03. The summed E-state index contributed by atoms with van der Waals surface area (Å²) < 4.78 is 0. The van der Waals surface area contributed by atoms with E-state index in [1.165, 1.54) is 43.9 Å². The van der Waals surface area contributed by atoms with E-state index in [0.29, 0.717) is 0 Å². The van der Waals surface area contributed by atoms with E-state index in [0.717, 1.165) is 22.9 Å². The van der Waals surface area contributed by atoms with Crippen molar-refractivity contribution in [2.24, 2.45) is 0 Å². The Labute approximate surface area is 134 Å². The maximum atomic E-state index is 9.16. The third-order valence-electron chi connectivity index (χ3n) is 3.98. The molecule has 0 aliphatic heterocycles. The predicted molar refractivity (Wildman–Crippen MR) is 94.7 cm³/mol. The molecule has 0 bridgehead atoms. The lowest BCUT2D eigenvalue weighted by Gasteiger charge is -2.01. The molecule has 0 aromatic heterocycles. The van der Waals surface area contributed by atoms with Crippen LogP contribution in [0.25, 0.3) is 10.8 Å². The predicted octanol–water partition coefficient (Wildman–Crippen LogP) is 5.43. The van der Waals surface area contributed by atoms with Gasteiger partial charge in [0.2, 0.25) is 0 Å². The van der Waals surface area contributed by atoms with Crippen molar-refractivity contribution in [3.05, 3.63) is 47.5 Å². The maximum absolute atomic E-state index is 9.16. The number of rotatable bonds is 7. The first-order chi connectivity index (χ1) is 10.8. The molecule has 0 aliphatic rings. The lowest BCUT2D eigenvalue weighted by atomic mass is 10.0. The molecule has 1 heteroatoms. The summed E-state index contributed by atoms with van der Waals surface area (Å²) in [6, 6.07) is 12.3. The molecular formula is C21H26O. The fourth-order valence-electron chi connectivity index (χ4n) is 2.63. The zero-order valence-corrected chi connectivity index (χ0v) is 13.6. The Bertz CT molecular complexity index is 646. The van der Waals surface area contributed by atoms with Crippen molar-refractivity contribution < 1.29 is 5.11 Å². The van der Waals surface area contributed by atoms with Gasteiger partial charge in [0.15, 0.2) is 0 Å². The first kappa shape index (κ1) is 16.6. The molecule has 0 saturated heterocycles. The smallest absolute Gasteiger partial charge is 0.0682 e. The van der Waals surface area contributed by atoms with Gasteiger partial charge in [-0.15, -0.1) is 0 Å². The molecule has 116 valence electrons. The van der Waals surface area contributed by atoms with Crippen molar-refractivity contribution >= 4 is 10.8 Å². The van der Waals surface area contributed by atoms with Crippen LogP contribution in [0.2, 0.25) is 0 Å². The summed E-state index contributed by atoms with van der Waals surface area (Å²) in [7, 11) is 0. The first-order valence-electron chi connectivity index (χ1n) is 8.46. The second-order valence-electron chi connectivity index (χ2n) is 5.87. The van der Waals surface area contributed by atoms with Crippen LogP contribution in [0, 0.1) is 11.8 Å². The van der Waals surface area contributed by atoms with E-state index in [-0.39, 0.29) is 6.61 Å². The van der Waals surface area contributed by atoms with Gasteiger partial charge in [-0.25, -0.2) is 0 Å². The van der Waals surface area contributed by atoms with Crippen LogP contribution in [0.5, 0.6) is 0 Å². The van der Waals surface area contributed by atoms with Gasteiger partial charge >= 0.3 is 0 Å². The molecule has 1 nitrogen and oxygen atoms in total. The molecule has 0 heterocycles. The highest BCUT2D eigenvalue weighted by molar-refractivity contribution is 5.84. The van der Waals surface area contributed by atoms with Crippen LogP contribution < -0.4 is 0 Å². The van der Waals surface area contributed by atoms with E-state index < -0.39 is 0 Å². The molecule has 0 atom stereocenters. The van der Waals surface area contributed by atoms with Gasteiger partial charge in [-0.3, -0.25) is 0 Å². The summed E-state index contributed by atoms with van der Waals surface area (Å²) >= 11 is 0. The summed E-state index contributed by atoms with van der Waals surface area (Å²) in [5.74, 6) is 6.56. The number of aliphatic hydroxyl groups excluding tert-OH is 1. The van der Waals surface area contributed by atoms with Gasteiger partial charge in [-0.1, -0.05) is 69.1 Å². The van der Waals surface area contributed by atoms with E-state index in [1.807, 2.05) is 12.1 Å². The molecule has 2 aromatic rings. The normalized spacial score (nSPS) is 10.5. The van der Waals surface area contributed by atoms with Crippen molar-refractivity contribution in [2.75, 3.05) is 0 Å². The van der Waals surface area contributed by atoms with Gasteiger partial charge in [-0.2, -0.15) is 0 Å². The van der Waals surface area contributed by atoms with Gasteiger partial charge in [-0.05, 0) is 41.0 Å². The average molecular weight is 294 g/mol. The number of hydrogen-bond donors (Lipinski definition) is 1. The molecule has 0 spiro atoms. The number of fused-ring (bicyclic) bond motifs is 1. The van der Waals surface area contributed by atoms with Crippen molar-refractivity contribution in [3.63, 3.8) is 0 Å². The third kappa shape index (κ3) is 5.20. The summed E-state index contributed by atoms with van der Waals surface area (Å²) in [4.78, 5) is 0. The number of unbranched alkanes of at least 4 members (excludes halogenated alkanes) is 6. The molecule has 0 aliphatic carbocycles. The molecule has 0 saturated carbocycles. The zero-order valence-electron chi connectivity index (χ0n) is 13.6. The van der Waals surface area contributed by atoms with E-state index in [2.05, 4.69) is 43.0 Å². The molecule has 1 N–H and O–H groups in total. The second-order valence-corrected chi connectivity index (χ2v) is 5.87. The van der Waals surface area contributed by atoms with Crippen LogP contribution >= 0.6 is 0 Å². The highest BCUT2D eigenvalue weighted by Crippen LogP contribution is 2.17.